The molecule has 0 aromatic carbocycles. The quantitative estimate of drug-likeness (QED) is 0.476. The molecule has 0 rings (SSSR count). The molecule has 0 radical (unpaired) electrons. The minimum atomic E-state index is 0.268. The van der Waals surface area contributed by atoms with Gasteiger partial charge in [-0.15, -0.1) is 11.8 Å². The van der Waals surface area contributed by atoms with E-state index < -0.39 is 0 Å². The first kappa shape index (κ1) is 10.5. The summed E-state index contributed by atoms with van der Waals surface area (Å²) in [6, 6.07) is 0. The van der Waals surface area contributed by atoms with Crippen LogP contribution in [0.5, 0.6) is 0 Å². The van der Waals surface area contributed by atoms with E-state index in [0.717, 1.165) is 19.3 Å². The van der Waals surface area contributed by atoms with Crippen LogP contribution in [-0.2, 0) is 0 Å². The minimum Gasteiger partial charge on any atom is -0.396 e. The Bertz CT molecular complexity index is 119. The summed E-state index contributed by atoms with van der Waals surface area (Å²) in [5.74, 6) is 6.13. The van der Waals surface area contributed by atoms with Crippen molar-refractivity contribution in [3.63, 3.8) is 0 Å². The molecule has 1 heteroatoms. The normalized spacial score (nSPS) is 8.91. The Morgan fingerprint density at radius 1 is 1.00 bits per heavy atom. The molecule has 0 fully saturated rings. The van der Waals surface area contributed by atoms with E-state index in [-0.39, 0.29) is 6.61 Å². The molecule has 0 unspecified atom stereocenters. The first-order valence-corrected chi connectivity index (χ1v) is 4.48. The average Bonchev–Trinajstić information content (AvgIpc) is 2.03. The van der Waals surface area contributed by atoms with Crippen LogP contribution in [0.15, 0.2) is 0 Å². The highest BCUT2D eigenvalue weighted by molar-refractivity contribution is 4.98. The molecule has 0 aliphatic carbocycles. The fourth-order valence-corrected chi connectivity index (χ4v) is 0.808. The molecule has 11 heavy (non-hydrogen) atoms. The minimum absolute atomic E-state index is 0.268. The summed E-state index contributed by atoms with van der Waals surface area (Å²) >= 11 is 0. The van der Waals surface area contributed by atoms with Crippen molar-refractivity contribution in [3.05, 3.63) is 0 Å². The molecule has 0 amide bonds. The summed E-state index contributed by atoms with van der Waals surface area (Å²) in [4.78, 5) is 0. The lowest BCUT2D eigenvalue weighted by atomic mass is 10.2. The van der Waals surface area contributed by atoms with Gasteiger partial charge in [-0.3, -0.25) is 0 Å². The lowest BCUT2D eigenvalue weighted by Crippen LogP contribution is -1.78. The van der Waals surface area contributed by atoms with Crippen molar-refractivity contribution in [3.8, 4) is 11.8 Å². The number of hydrogen-bond acceptors (Lipinski definition) is 1. The summed E-state index contributed by atoms with van der Waals surface area (Å²) in [6.07, 6.45) is 6.47. The third-order valence-corrected chi connectivity index (χ3v) is 1.49. The van der Waals surface area contributed by atoms with E-state index in [1.165, 1.54) is 19.3 Å². The van der Waals surface area contributed by atoms with Crippen LogP contribution >= 0.6 is 0 Å². The summed E-state index contributed by atoms with van der Waals surface area (Å²) in [6.45, 7) is 2.46. The zero-order valence-corrected chi connectivity index (χ0v) is 7.40. The zero-order chi connectivity index (χ0) is 8.36. The number of rotatable bonds is 5. The van der Waals surface area contributed by atoms with Crippen molar-refractivity contribution >= 4 is 0 Å². The van der Waals surface area contributed by atoms with Crippen LogP contribution in [0.1, 0.15) is 45.4 Å². The van der Waals surface area contributed by atoms with Crippen LogP contribution in [0.2, 0.25) is 0 Å². The van der Waals surface area contributed by atoms with Crippen molar-refractivity contribution in [1.29, 1.82) is 0 Å². The Kier molecular flexibility index (Phi) is 9.10. The first-order chi connectivity index (χ1) is 5.41. The van der Waals surface area contributed by atoms with E-state index in [2.05, 4.69) is 18.8 Å². The second kappa shape index (κ2) is 9.52. The molecule has 64 valence electrons. The van der Waals surface area contributed by atoms with Crippen LogP contribution in [0.4, 0.5) is 0 Å². The van der Waals surface area contributed by atoms with Gasteiger partial charge in [-0.2, -0.15) is 0 Å². The Balaban J connectivity index is 2.99. The van der Waals surface area contributed by atoms with Crippen molar-refractivity contribution in [2.75, 3.05) is 6.61 Å². The van der Waals surface area contributed by atoms with E-state index in [1.807, 2.05) is 0 Å². The van der Waals surface area contributed by atoms with Gasteiger partial charge in [0.15, 0.2) is 0 Å². The number of unbranched alkanes of at least 4 members (excludes halogenated alkanes) is 4. The van der Waals surface area contributed by atoms with Crippen LogP contribution in [0.25, 0.3) is 0 Å². The number of aliphatic hydroxyl groups is 1. The maximum absolute atomic E-state index is 8.44. The molecule has 0 saturated heterocycles. The van der Waals surface area contributed by atoms with Gasteiger partial charge < -0.3 is 5.11 Å². The van der Waals surface area contributed by atoms with E-state index in [1.54, 1.807) is 0 Å². The molecule has 0 bridgehead atoms. The fourth-order valence-electron chi connectivity index (χ4n) is 0.808. The predicted octanol–water partition coefficient (Wildman–Crippen LogP) is 2.34. The molecule has 1 N–H and O–H groups in total. The lowest BCUT2D eigenvalue weighted by molar-refractivity contribution is 0.290. The average molecular weight is 154 g/mol. The molecule has 0 aromatic rings. The van der Waals surface area contributed by atoms with Crippen molar-refractivity contribution in [2.24, 2.45) is 0 Å². The molecule has 0 spiro atoms. The van der Waals surface area contributed by atoms with Gasteiger partial charge in [0.25, 0.3) is 0 Å². The molecule has 0 atom stereocenters. The lowest BCUT2D eigenvalue weighted by Gasteiger charge is -1.88. The molecule has 0 aromatic heterocycles. The molecular weight excluding hydrogens is 136 g/mol. The monoisotopic (exact) mass is 154 g/mol. The van der Waals surface area contributed by atoms with Gasteiger partial charge in [0.2, 0.25) is 0 Å². The summed E-state index contributed by atoms with van der Waals surface area (Å²) in [7, 11) is 0. The maximum Gasteiger partial charge on any atom is 0.0440 e. The maximum atomic E-state index is 8.44. The van der Waals surface area contributed by atoms with E-state index in [4.69, 9.17) is 5.11 Å². The van der Waals surface area contributed by atoms with Crippen LogP contribution in [0.3, 0.4) is 0 Å². The molecule has 0 aliphatic rings. The fraction of sp³-hybridized carbons (Fsp3) is 0.800. The van der Waals surface area contributed by atoms with E-state index >= 15 is 0 Å². The second-order valence-corrected chi connectivity index (χ2v) is 2.64. The third-order valence-electron chi connectivity index (χ3n) is 1.49. The van der Waals surface area contributed by atoms with Crippen molar-refractivity contribution < 1.29 is 5.11 Å². The highest BCUT2D eigenvalue weighted by Crippen LogP contribution is 1.96. The number of hydrogen-bond donors (Lipinski definition) is 1. The second-order valence-electron chi connectivity index (χ2n) is 2.64. The Morgan fingerprint density at radius 3 is 2.18 bits per heavy atom. The Hall–Kier alpha value is -0.480. The van der Waals surface area contributed by atoms with Gasteiger partial charge in [0.1, 0.15) is 0 Å². The van der Waals surface area contributed by atoms with Gasteiger partial charge in [-0.1, -0.05) is 19.8 Å². The standard InChI is InChI=1S/C10H18O/c1-2-3-4-5-6-7-8-9-10-11/h11H,2-5,8-10H2,1H3. The summed E-state index contributed by atoms with van der Waals surface area (Å²) in [5.41, 5.74) is 0. The summed E-state index contributed by atoms with van der Waals surface area (Å²) < 4.78 is 0. The van der Waals surface area contributed by atoms with Gasteiger partial charge in [0, 0.05) is 19.4 Å². The van der Waals surface area contributed by atoms with Crippen LogP contribution in [0, 0.1) is 11.8 Å². The van der Waals surface area contributed by atoms with Gasteiger partial charge in [-0.25, -0.2) is 0 Å². The largest absolute Gasteiger partial charge is 0.396 e. The molecular formula is C10H18O. The van der Waals surface area contributed by atoms with Crippen molar-refractivity contribution in [1.82, 2.24) is 0 Å². The topological polar surface area (TPSA) is 20.2 Å². The Morgan fingerprint density at radius 2 is 1.64 bits per heavy atom. The zero-order valence-electron chi connectivity index (χ0n) is 7.40. The van der Waals surface area contributed by atoms with Gasteiger partial charge in [-0.05, 0) is 12.8 Å². The molecule has 0 heterocycles. The van der Waals surface area contributed by atoms with Gasteiger partial charge in [0.05, 0.1) is 0 Å². The Labute approximate surface area is 69.8 Å². The van der Waals surface area contributed by atoms with Crippen molar-refractivity contribution in [2.45, 2.75) is 45.4 Å². The van der Waals surface area contributed by atoms with E-state index in [0.29, 0.717) is 0 Å². The van der Waals surface area contributed by atoms with Crippen LogP contribution < -0.4 is 0 Å². The molecule has 0 saturated carbocycles. The number of aliphatic hydroxyl groups excluding tert-OH is 1. The highest BCUT2D eigenvalue weighted by Gasteiger charge is 1.80. The predicted molar refractivity (Wildman–Crippen MR) is 48.2 cm³/mol. The molecule has 0 aliphatic heterocycles. The van der Waals surface area contributed by atoms with E-state index in [9.17, 15) is 0 Å². The SMILES string of the molecule is CCCCCC#CCCCO. The van der Waals surface area contributed by atoms with Gasteiger partial charge >= 0.3 is 0 Å². The third kappa shape index (κ3) is 9.52. The smallest absolute Gasteiger partial charge is 0.0440 e. The highest BCUT2D eigenvalue weighted by atomic mass is 16.2. The first-order valence-electron chi connectivity index (χ1n) is 4.48. The van der Waals surface area contributed by atoms with Crippen LogP contribution in [-0.4, -0.2) is 11.7 Å². The molecule has 1 nitrogen and oxygen atoms in total. The summed E-state index contributed by atoms with van der Waals surface area (Å²) in [5, 5.41) is 8.44.